The van der Waals surface area contributed by atoms with Crippen LogP contribution in [0.5, 0.6) is 0 Å². The van der Waals surface area contributed by atoms with Crippen LogP contribution in [-0.4, -0.2) is 64.7 Å². The van der Waals surface area contributed by atoms with E-state index in [0.717, 1.165) is 37.4 Å². The van der Waals surface area contributed by atoms with Crippen LogP contribution in [0, 0.1) is 0 Å². The first-order chi connectivity index (χ1) is 10.1. The summed E-state index contributed by atoms with van der Waals surface area (Å²) in [6, 6.07) is -0.518. The molecule has 2 saturated heterocycles. The average molecular weight is 316 g/mol. The monoisotopic (exact) mass is 316 g/mol. The van der Waals surface area contributed by atoms with Gasteiger partial charge in [-0.15, -0.1) is 0 Å². The Morgan fingerprint density at radius 1 is 1.43 bits per heavy atom. The summed E-state index contributed by atoms with van der Waals surface area (Å²) in [5.41, 5.74) is 5.91. The molecule has 0 aromatic heterocycles. The zero-order valence-electron chi connectivity index (χ0n) is 12.2. The molecule has 7 heteroatoms. The number of aliphatic carboxylic acids is 1. The highest BCUT2D eigenvalue weighted by atomic mass is 32.2. The maximum absolute atomic E-state index is 12.6. The SMILES string of the molecule is NC(CCC(=O)O)C(=O)N(CC1CCCO1)C1CCSC1. The molecule has 0 saturated carbocycles. The predicted molar refractivity (Wildman–Crippen MR) is 81.3 cm³/mol. The first-order valence-electron chi connectivity index (χ1n) is 7.55. The number of amides is 1. The molecule has 2 aliphatic heterocycles. The molecule has 0 aromatic carbocycles. The third-order valence-electron chi connectivity index (χ3n) is 4.04. The molecule has 2 aliphatic rings. The van der Waals surface area contributed by atoms with E-state index in [1.54, 1.807) is 0 Å². The summed E-state index contributed by atoms with van der Waals surface area (Å²) in [7, 11) is 0. The van der Waals surface area contributed by atoms with Crippen molar-refractivity contribution in [1.82, 2.24) is 4.90 Å². The van der Waals surface area contributed by atoms with Crippen molar-refractivity contribution in [2.45, 2.75) is 50.3 Å². The summed E-state index contributed by atoms with van der Waals surface area (Å²) in [4.78, 5) is 25.1. The summed E-state index contributed by atoms with van der Waals surface area (Å²) in [6.07, 6.45) is 3.22. The van der Waals surface area contributed by atoms with Crippen LogP contribution in [0.15, 0.2) is 0 Å². The number of carboxylic acid groups (broad SMARTS) is 1. The Labute approximate surface area is 129 Å². The molecule has 1 amide bonds. The van der Waals surface area contributed by atoms with Gasteiger partial charge in [0.15, 0.2) is 0 Å². The van der Waals surface area contributed by atoms with E-state index in [2.05, 4.69) is 0 Å². The molecule has 2 rings (SSSR count). The number of nitrogens with two attached hydrogens (primary N) is 1. The van der Waals surface area contributed by atoms with Crippen LogP contribution in [-0.2, 0) is 14.3 Å². The van der Waals surface area contributed by atoms with Gasteiger partial charge in [0, 0.05) is 31.4 Å². The molecule has 2 heterocycles. The van der Waals surface area contributed by atoms with Crippen LogP contribution in [0.3, 0.4) is 0 Å². The van der Waals surface area contributed by atoms with E-state index < -0.39 is 12.0 Å². The minimum Gasteiger partial charge on any atom is -0.481 e. The lowest BCUT2D eigenvalue weighted by molar-refractivity contribution is -0.138. The second kappa shape index (κ2) is 8.00. The molecule has 0 bridgehead atoms. The van der Waals surface area contributed by atoms with Crippen LogP contribution in [0.4, 0.5) is 0 Å². The van der Waals surface area contributed by atoms with Gasteiger partial charge in [0.25, 0.3) is 0 Å². The Balaban J connectivity index is 1.95. The van der Waals surface area contributed by atoms with Crippen LogP contribution >= 0.6 is 11.8 Å². The number of carboxylic acids is 1. The molecule has 0 radical (unpaired) electrons. The van der Waals surface area contributed by atoms with Gasteiger partial charge in [-0.25, -0.2) is 0 Å². The fourth-order valence-electron chi connectivity index (χ4n) is 2.81. The van der Waals surface area contributed by atoms with Gasteiger partial charge in [-0.1, -0.05) is 0 Å². The van der Waals surface area contributed by atoms with Crippen molar-refractivity contribution in [3.05, 3.63) is 0 Å². The molecule has 0 aromatic rings. The minimum atomic E-state index is -0.916. The van der Waals surface area contributed by atoms with Crippen molar-refractivity contribution >= 4 is 23.6 Å². The Morgan fingerprint density at radius 3 is 2.81 bits per heavy atom. The van der Waals surface area contributed by atoms with Crippen molar-refractivity contribution in [3.63, 3.8) is 0 Å². The molecule has 3 atom stereocenters. The predicted octanol–water partition coefficient (Wildman–Crippen LogP) is 0.692. The highest BCUT2D eigenvalue weighted by Crippen LogP contribution is 2.25. The summed E-state index contributed by atoms with van der Waals surface area (Å²) >= 11 is 1.85. The fraction of sp³-hybridized carbons (Fsp3) is 0.857. The first kappa shape index (κ1) is 16.6. The van der Waals surface area contributed by atoms with Gasteiger partial charge < -0.3 is 20.5 Å². The van der Waals surface area contributed by atoms with Crippen LogP contribution in [0.25, 0.3) is 0 Å². The van der Waals surface area contributed by atoms with Gasteiger partial charge in [-0.2, -0.15) is 11.8 Å². The Hall–Kier alpha value is -0.790. The van der Waals surface area contributed by atoms with Crippen LogP contribution in [0.2, 0.25) is 0 Å². The van der Waals surface area contributed by atoms with Gasteiger partial charge in [-0.05, 0) is 31.4 Å². The molecule has 120 valence electrons. The third-order valence-corrected chi connectivity index (χ3v) is 5.19. The number of carbonyl (C=O) groups is 2. The molecule has 21 heavy (non-hydrogen) atoms. The number of hydrogen-bond acceptors (Lipinski definition) is 5. The smallest absolute Gasteiger partial charge is 0.303 e. The van der Waals surface area contributed by atoms with Gasteiger partial charge in [-0.3, -0.25) is 9.59 Å². The van der Waals surface area contributed by atoms with Gasteiger partial charge in [0.1, 0.15) is 0 Å². The Kier molecular flexibility index (Phi) is 6.32. The lowest BCUT2D eigenvalue weighted by Crippen LogP contribution is -2.51. The van der Waals surface area contributed by atoms with Crippen LogP contribution < -0.4 is 5.73 Å². The molecular weight excluding hydrogens is 292 g/mol. The summed E-state index contributed by atoms with van der Waals surface area (Å²) in [5, 5.41) is 8.72. The molecule has 3 unspecified atom stereocenters. The maximum atomic E-state index is 12.6. The van der Waals surface area contributed by atoms with E-state index in [4.69, 9.17) is 15.6 Å². The van der Waals surface area contributed by atoms with Gasteiger partial charge in [0.2, 0.25) is 5.91 Å². The number of nitrogens with zero attached hydrogens (tertiary/aromatic N) is 1. The van der Waals surface area contributed by atoms with Crippen molar-refractivity contribution in [2.75, 3.05) is 24.7 Å². The number of hydrogen-bond donors (Lipinski definition) is 2. The number of carbonyl (C=O) groups excluding carboxylic acids is 1. The number of thioether (sulfide) groups is 1. The minimum absolute atomic E-state index is 0.0694. The molecule has 6 nitrogen and oxygen atoms in total. The summed E-state index contributed by atoms with van der Waals surface area (Å²) in [6.45, 7) is 1.35. The average Bonchev–Trinajstić information content (AvgIpc) is 3.13. The normalized spacial score (nSPS) is 26.7. The van der Waals surface area contributed by atoms with Crippen molar-refractivity contribution in [1.29, 1.82) is 0 Å². The van der Waals surface area contributed by atoms with Crippen molar-refractivity contribution in [2.24, 2.45) is 5.73 Å². The number of ether oxygens (including phenoxy) is 1. The zero-order valence-corrected chi connectivity index (χ0v) is 13.0. The topological polar surface area (TPSA) is 92.9 Å². The highest BCUT2D eigenvalue weighted by Gasteiger charge is 2.33. The van der Waals surface area contributed by atoms with E-state index >= 15 is 0 Å². The lowest BCUT2D eigenvalue weighted by atomic mass is 10.1. The van der Waals surface area contributed by atoms with E-state index in [9.17, 15) is 9.59 Å². The molecular formula is C14H24N2O4S. The molecule has 2 fully saturated rings. The van der Waals surface area contributed by atoms with E-state index in [1.807, 2.05) is 16.7 Å². The maximum Gasteiger partial charge on any atom is 0.303 e. The lowest BCUT2D eigenvalue weighted by Gasteiger charge is -2.32. The van der Waals surface area contributed by atoms with Gasteiger partial charge >= 0.3 is 5.97 Å². The molecule has 3 N–H and O–H groups in total. The fourth-order valence-corrected chi connectivity index (χ4v) is 4.03. The van der Waals surface area contributed by atoms with Crippen LogP contribution in [0.1, 0.15) is 32.1 Å². The second-order valence-corrected chi connectivity index (χ2v) is 6.83. The molecule has 0 aliphatic carbocycles. The van der Waals surface area contributed by atoms with Crippen molar-refractivity contribution < 1.29 is 19.4 Å². The second-order valence-electron chi connectivity index (χ2n) is 5.68. The Bertz CT molecular complexity index is 368. The largest absolute Gasteiger partial charge is 0.481 e. The summed E-state index contributed by atoms with van der Waals surface area (Å²) < 4.78 is 5.64. The Morgan fingerprint density at radius 2 is 2.24 bits per heavy atom. The first-order valence-corrected chi connectivity index (χ1v) is 8.70. The van der Waals surface area contributed by atoms with Gasteiger partial charge in [0.05, 0.1) is 12.1 Å². The summed E-state index contributed by atoms with van der Waals surface area (Å²) in [5.74, 6) is 0.952. The zero-order chi connectivity index (χ0) is 15.2. The quantitative estimate of drug-likeness (QED) is 0.718. The molecule has 0 spiro atoms. The number of rotatable bonds is 7. The highest BCUT2D eigenvalue weighted by molar-refractivity contribution is 7.99. The van der Waals surface area contributed by atoms with E-state index in [-0.39, 0.29) is 30.9 Å². The third kappa shape index (κ3) is 4.86. The van der Waals surface area contributed by atoms with E-state index in [1.165, 1.54) is 0 Å². The van der Waals surface area contributed by atoms with Crippen molar-refractivity contribution in [3.8, 4) is 0 Å². The van der Waals surface area contributed by atoms with E-state index in [0.29, 0.717) is 6.54 Å². The standard InChI is InChI=1S/C14H24N2O4S/c15-12(3-4-13(17)18)14(19)16(10-5-7-21-9-10)8-11-2-1-6-20-11/h10-12H,1-9,15H2,(H,17,18).